The number of nitrogens with zero attached hydrogens (tertiary/aromatic N) is 9. The van der Waals surface area contributed by atoms with E-state index in [9.17, 15) is 0 Å². The van der Waals surface area contributed by atoms with Crippen LogP contribution < -0.4 is 19.7 Å². The van der Waals surface area contributed by atoms with Gasteiger partial charge in [-0.05, 0) is 71.1 Å². The molecular formula is C36H33BrN12O4S2. The minimum atomic E-state index is 0.566. The predicted octanol–water partition coefficient (Wildman–Crippen LogP) is 6.74. The van der Waals surface area contributed by atoms with Crippen LogP contribution in [0.5, 0.6) is 23.0 Å². The van der Waals surface area contributed by atoms with E-state index >= 15 is 0 Å². The van der Waals surface area contributed by atoms with E-state index in [1.807, 2.05) is 54.7 Å². The Labute approximate surface area is 330 Å². The van der Waals surface area contributed by atoms with Gasteiger partial charge in [-0.15, -0.1) is 43.1 Å². The zero-order valence-electron chi connectivity index (χ0n) is 29.1. The molecule has 0 bridgehead atoms. The Kier molecular flexibility index (Phi) is 11.8. The predicted molar refractivity (Wildman–Crippen MR) is 213 cm³/mol. The second-order valence-electron chi connectivity index (χ2n) is 11.9. The minimum Gasteiger partial charge on any atom is -0.455 e. The molecule has 0 amide bonds. The molecule has 280 valence electrons. The standard InChI is InChI=1S/C18H16N6O2S.C14H8BrN5OS.C4H9NO/c1-3-13(4-2-12(1)24-5-7-25-8-6-24)26-15-10-19-11-17-14(15)9-16(27-17)18-20-22-23-21-18;15-8-1-3-9(4-2-8)21-11-6-16-7-13-10(11)5-12(22-13)14-17-19-20-18-14;1-3-6-4-2-5-1/h1-4,9-11H,5-8H2,(H,20,21,22,23);1-7H,(H,17,18,19,20);5H,1-4H2. The number of morpholine rings is 2. The van der Waals surface area contributed by atoms with Gasteiger partial charge in [0.15, 0.2) is 11.5 Å². The highest BCUT2D eigenvalue weighted by Gasteiger charge is 2.15. The first-order valence-electron chi connectivity index (χ1n) is 17.2. The monoisotopic (exact) mass is 840 g/mol. The fourth-order valence-electron chi connectivity index (χ4n) is 5.61. The van der Waals surface area contributed by atoms with Crippen molar-refractivity contribution in [2.45, 2.75) is 0 Å². The molecule has 2 saturated heterocycles. The summed E-state index contributed by atoms with van der Waals surface area (Å²) in [7, 11) is 0. The number of aromatic amines is 2. The summed E-state index contributed by atoms with van der Waals surface area (Å²) in [5.41, 5.74) is 1.18. The van der Waals surface area contributed by atoms with Gasteiger partial charge in [0.05, 0.1) is 58.0 Å². The van der Waals surface area contributed by atoms with Crippen LogP contribution in [0.4, 0.5) is 5.69 Å². The van der Waals surface area contributed by atoms with Crippen molar-refractivity contribution in [2.24, 2.45) is 0 Å². The van der Waals surface area contributed by atoms with Crippen LogP contribution in [0.2, 0.25) is 0 Å². The quantitative estimate of drug-likeness (QED) is 0.153. The third-order valence-corrected chi connectivity index (χ3v) is 10.9. The molecule has 2 aliphatic heterocycles. The first-order chi connectivity index (χ1) is 27.2. The lowest BCUT2D eigenvalue weighted by Crippen LogP contribution is -2.36. The maximum atomic E-state index is 6.10. The molecule has 0 unspecified atom stereocenters. The minimum absolute atomic E-state index is 0.566. The molecule has 0 atom stereocenters. The third kappa shape index (κ3) is 9.27. The van der Waals surface area contributed by atoms with E-state index in [-0.39, 0.29) is 0 Å². The number of tetrazole rings is 2. The largest absolute Gasteiger partial charge is 0.455 e. The van der Waals surface area contributed by atoms with E-state index in [4.69, 9.17) is 18.9 Å². The lowest BCUT2D eigenvalue weighted by molar-refractivity contribution is 0.109. The molecule has 2 aliphatic rings. The molecule has 2 aromatic carbocycles. The van der Waals surface area contributed by atoms with Gasteiger partial charge in [-0.1, -0.05) is 15.9 Å². The highest BCUT2D eigenvalue weighted by molar-refractivity contribution is 9.10. The smallest absolute Gasteiger partial charge is 0.214 e. The molecule has 8 aromatic rings. The number of thiophene rings is 2. The van der Waals surface area contributed by atoms with Crippen molar-refractivity contribution >= 4 is 64.5 Å². The lowest BCUT2D eigenvalue weighted by Gasteiger charge is -2.28. The third-order valence-electron chi connectivity index (χ3n) is 8.28. The van der Waals surface area contributed by atoms with Gasteiger partial charge < -0.3 is 29.2 Å². The second-order valence-corrected chi connectivity index (χ2v) is 15.0. The fourth-order valence-corrected chi connectivity index (χ4v) is 7.82. The van der Waals surface area contributed by atoms with Crippen LogP contribution in [0.1, 0.15) is 0 Å². The van der Waals surface area contributed by atoms with Crippen molar-refractivity contribution in [3.8, 4) is 44.4 Å². The average Bonchev–Trinajstić information content (AvgIpc) is 4.08. The second kappa shape index (κ2) is 17.8. The van der Waals surface area contributed by atoms with Crippen LogP contribution in [-0.2, 0) is 9.47 Å². The van der Waals surface area contributed by atoms with E-state index < -0.39 is 0 Å². The Hall–Kier alpha value is -5.44. The Morgan fingerprint density at radius 2 is 1.15 bits per heavy atom. The van der Waals surface area contributed by atoms with E-state index in [0.717, 1.165) is 98.5 Å². The van der Waals surface area contributed by atoms with Crippen molar-refractivity contribution in [1.82, 2.24) is 56.5 Å². The van der Waals surface area contributed by atoms with Crippen molar-refractivity contribution in [3.63, 3.8) is 0 Å². The van der Waals surface area contributed by atoms with Gasteiger partial charge in [-0.2, -0.15) is 10.4 Å². The summed E-state index contributed by atoms with van der Waals surface area (Å²) in [5.74, 6) is 4.06. The van der Waals surface area contributed by atoms with Crippen molar-refractivity contribution in [3.05, 3.63) is 89.9 Å². The maximum absolute atomic E-state index is 6.10. The molecule has 55 heavy (non-hydrogen) atoms. The van der Waals surface area contributed by atoms with Gasteiger partial charge in [0.25, 0.3) is 0 Å². The first kappa shape index (κ1) is 36.5. The van der Waals surface area contributed by atoms with Gasteiger partial charge in [0, 0.05) is 59.5 Å². The number of fused-ring (bicyclic) bond motifs is 2. The number of rotatable bonds is 7. The Bertz CT molecular complexity index is 2390. The molecule has 8 heterocycles. The summed E-state index contributed by atoms with van der Waals surface area (Å²) < 4.78 is 25.5. The number of ether oxygens (including phenoxy) is 4. The van der Waals surface area contributed by atoms with Gasteiger partial charge in [-0.25, -0.2) is 0 Å². The highest BCUT2D eigenvalue weighted by Crippen LogP contribution is 2.39. The summed E-state index contributed by atoms with van der Waals surface area (Å²) in [6.07, 6.45) is 7.05. The Morgan fingerprint density at radius 3 is 1.60 bits per heavy atom. The molecule has 19 heteroatoms. The number of halogens is 1. The number of anilines is 1. The highest BCUT2D eigenvalue weighted by atomic mass is 79.9. The van der Waals surface area contributed by atoms with Crippen LogP contribution in [0.3, 0.4) is 0 Å². The molecular weight excluding hydrogens is 809 g/mol. The SMILES string of the molecule is Brc1ccc(Oc2cncc3sc(-c4nn[nH]n4)cc23)cc1.C1COCCN1.c1cc(N2CCOCC2)ccc1Oc1cncc2sc(-c3nn[nH]n3)cc12. The fraction of sp³-hybridized carbons (Fsp3) is 0.222. The molecule has 0 saturated carbocycles. The number of nitrogens with one attached hydrogen (secondary N) is 3. The molecule has 3 N–H and O–H groups in total. The molecule has 2 fully saturated rings. The van der Waals surface area contributed by atoms with Crippen molar-refractivity contribution in [2.75, 3.05) is 57.5 Å². The van der Waals surface area contributed by atoms with Crippen LogP contribution in [0.15, 0.2) is 89.9 Å². The number of H-pyrrole nitrogens is 2. The molecule has 0 spiro atoms. The van der Waals surface area contributed by atoms with Gasteiger partial charge in [-0.3, -0.25) is 9.97 Å². The summed E-state index contributed by atoms with van der Waals surface area (Å²) in [6, 6.07) is 19.8. The summed E-state index contributed by atoms with van der Waals surface area (Å²) in [5, 5.41) is 33.3. The Balaban J connectivity index is 0.000000137. The summed E-state index contributed by atoms with van der Waals surface area (Å²) in [4.78, 5) is 12.7. The van der Waals surface area contributed by atoms with Gasteiger partial charge in [0.2, 0.25) is 11.6 Å². The number of hydrogen-bond donors (Lipinski definition) is 3. The molecule has 6 aromatic heterocycles. The number of pyridine rings is 2. The van der Waals surface area contributed by atoms with E-state index in [1.165, 1.54) is 5.69 Å². The van der Waals surface area contributed by atoms with Crippen LogP contribution in [0, 0.1) is 0 Å². The van der Waals surface area contributed by atoms with Gasteiger partial charge >= 0.3 is 0 Å². The number of hydrogen-bond acceptors (Lipinski definition) is 16. The van der Waals surface area contributed by atoms with E-state index in [2.05, 4.69) is 89.5 Å². The number of benzene rings is 2. The molecule has 10 rings (SSSR count). The summed E-state index contributed by atoms with van der Waals surface area (Å²) >= 11 is 6.51. The lowest BCUT2D eigenvalue weighted by atomic mass is 10.2. The van der Waals surface area contributed by atoms with E-state index in [0.29, 0.717) is 23.1 Å². The van der Waals surface area contributed by atoms with Crippen LogP contribution in [0.25, 0.3) is 41.6 Å². The van der Waals surface area contributed by atoms with Gasteiger partial charge in [0.1, 0.15) is 11.5 Å². The average molecular weight is 842 g/mol. The molecule has 0 aliphatic carbocycles. The summed E-state index contributed by atoms with van der Waals surface area (Å²) in [6.45, 7) is 7.20. The topological polar surface area (TPSA) is 187 Å². The maximum Gasteiger partial charge on any atom is 0.214 e. The van der Waals surface area contributed by atoms with Crippen LogP contribution in [-0.4, -0.2) is 104 Å². The van der Waals surface area contributed by atoms with E-state index in [1.54, 1.807) is 41.3 Å². The van der Waals surface area contributed by atoms with Crippen molar-refractivity contribution < 1.29 is 18.9 Å². The molecule has 16 nitrogen and oxygen atoms in total. The first-order valence-corrected chi connectivity index (χ1v) is 19.6. The zero-order chi connectivity index (χ0) is 37.2. The number of aromatic nitrogens is 10. The van der Waals surface area contributed by atoms with Crippen molar-refractivity contribution in [1.29, 1.82) is 0 Å². The Morgan fingerprint density at radius 1 is 0.636 bits per heavy atom. The van der Waals surface area contributed by atoms with Crippen LogP contribution >= 0.6 is 38.6 Å². The molecule has 0 radical (unpaired) electrons. The normalized spacial score (nSPS) is 14.2. The zero-order valence-corrected chi connectivity index (χ0v) is 32.3.